The highest BCUT2D eigenvalue weighted by molar-refractivity contribution is 9.09. The number of alkyl halides is 1. The summed E-state index contributed by atoms with van der Waals surface area (Å²) in [4.78, 5) is 18.3. The molecule has 1 aromatic heterocycles. The van der Waals surface area contributed by atoms with Gasteiger partial charge in [0.05, 0.1) is 0 Å². The summed E-state index contributed by atoms with van der Waals surface area (Å²) in [6, 6.07) is 0. The summed E-state index contributed by atoms with van der Waals surface area (Å²) in [6.07, 6.45) is 5.06. The maximum Gasteiger partial charge on any atom is 0.235 e. The van der Waals surface area contributed by atoms with Gasteiger partial charge in [0.1, 0.15) is 4.83 Å². The summed E-state index contributed by atoms with van der Waals surface area (Å²) >= 11 is 4.58. The normalized spacial score (nSPS) is 12.5. The van der Waals surface area contributed by atoms with E-state index in [1.54, 1.807) is 12.4 Å². The number of halogens is 1. The quantitative estimate of drug-likeness (QED) is 0.503. The average molecular weight is 262 g/mol. The Labute approximate surface area is 88.5 Å². The summed E-state index contributed by atoms with van der Waals surface area (Å²) in [5, 5.41) is 0.674. The predicted molar refractivity (Wildman–Crippen MR) is 54.7 cm³/mol. The van der Waals surface area contributed by atoms with Gasteiger partial charge in [0, 0.05) is 18.0 Å². The van der Waals surface area contributed by atoms with Crippen molar-refractivity contribution >= 4 is 33.6 Å². The maximum atomic E-state index is 10.8. The van der Waals surface area contributed by atoms with Gasteiger partial charge in [-0.15, -0.1) is 0 Å². The molecule has 4 nitrogen and oxygen atoms in total. The molecule has 0 saturated carbocycles. The van der Waals surface area contributed by atoms with Crippen LogP contribution in [-0.4, -0.2) is 22.1 Å². The number of amides is 1. The number of nitrogens with zero attached hydrogens (tertiary/aromatic N) is 2. The molecule has 0 radical (unpaired) electrons. The zero-order chi connectivity index (χ0) is 9.84. The molecule has 70 valence electrons. The molecule has 13 heavy (non-hydrogen) atoms. The van der Waals surface area contributed by atoms with Crippen LogP contribution < -0.4 is 5.73 Å². The molecule has 1 heterocycles. The van der Waals surface area contributed by atoms with Crippen molar-refractivity contribution in [3.8, 4) is 0 Å². The second kappa shape index (κ2) is 4.57. The molecule has 0 spiro atoms. The Hall–Kier alpha value is -0.620. The van der Waals surface area contributed by atoms with E-state index in [-0.39, 0.29) is 0 Å². The molecular formula is C7H8BrN3OS. The summed E-state index contributed by atoms with van der Waals surface area (Å²) in [7, 11) is 0. The Bertz CT molecular complexity index is 303. The van der Waals surface area contributed by atoms with Crippen LogP contribution in [0.2, 0.25) is 0 Å². The predicted octanol–water partition coefficient (Wildman–Crippen LogP) is 1.12. The monoisotopic (exact) mass is 261 g/mol. The van der Waals surface area contributed by atoms with Crippen molar-refractivity contribution in [2.75, 3.05) is 6.26 Å². The van der Waals surface area contributed by atoms with Crippen LogP contribution >= 0.6 is 27.7 Å². The fourth-order valence-corrected chi connectivity index (χ4v) is 1.28. The van der Waals surface area contributed by atoms with Gasteiger partial charge >= 0.3 is 0 Å². The van der Waals surface area contributed by atoms with Crippen LogP contribution in [0.5, 0.6) is 0 Å². The third-order valence-corrected chi connectivity index (χ3v) is 2.93. The number of carbonyl (C=O) groups is 1. The van der Waals surface area contributed by atoms with Crippen molar-refractivity contribution in [3.05, 3.63) is 18.0 Å². The van der Waals surface area contributed by atoms with E-state index in [1.165, 1.54) is 11.8 Å². The van der Waals surface area contributed by atoms with Gasteiger partial charge in [-0.1, -0.05) is 27.7 Å². The summed E-state index contributed by atoms with van der Waals surface area (Å²) in [5.41, 5.74) is 5.76. The first kappa shape index (κ1) is 10.5. The first-order chi connectivity index (χ1) is 6.15. The number of carbonyl (C=O) groups excluding carboxylic acids is 1. The molecule has 0 saturated heterocycles. The highest BCUT2D eigenvalue weighted by Crippen LogP contribution is 2.21. The summed E-state index contributed by atoms with van der Waals surface area (Å²) in [6.45, 7) is 0. The van der Waals surface area contributed by atoms with E-state index in [1.807, 2.05) is 6.26 Å². The Kier molecular flexibility index (Phi) is 3.68. The van der Waals surface area contributed by atoms with Gasteiger partial charge in [0.25, 0.3) is 0 Å². The molecule has 1 amide bonds. The first-order valence-corrected chi connectivity index (χ1v) is 5.58. The third-order valence-electron chi connectivity index (χ3n) is 1.37. The van der Waals surface area contributed by atoms with Crippen LogP contribution in [0.3, 0.4) is 0 Å². The van der Waals surface area contributed by atoms with Crippen molar-refractivity contribution in [1.29, 1.82) is 0 Å². The summed E-state index contributed by atoms with van der Waals surface area (Å²) < 4.78 is 0. The van der Waals surface area contributed by atoms with Crippen molar-refractivity contribution in [2.45, 2.75) is 9.98 Å². The van der Waals surface area contributed by atoms with Gasteiger partial charge in [-0.3, -0.25) is 4.79 Å². The Morgan fingerprint density at radius 3 is 2.54 bits per heavy atom. The molecule has 0 fully saturated rings. The van der Waals surface area contributed by atoms with Crippen molar-refractivity contribution in [3.63, 3.8) is 0 Å². The lowest BCUT2D eigenvalue weighted by Gasteiger charge is -2.04. The number of rotatable bonds is 3. The third kappa shape index (κ3) is 2.67. The second-order valence-corrected chi connectivity index (χ2v) is 3.96. The summed E-state index contributed by atoms with van der Waals surface area (Å²) in [5.74, 6) is -0.444. The minimum atomic E-state index is -0.511. The minimum Gasteiger partial charge on any atom is -0.368 e. The SMILES string of the molecule is CSc1ncc(C(Br)C(N)=O)cn1. The standard InChI is InChI=1S/C7H8BrN3OS/c1-13-7-10-2-4(3-11-7)5(8)6(9)12/h2-3,5H,1H3,(H2,9,12). The van der Waals surface area contributed by atoms with Crippen LogP contribution in [0.4, 0.5) is 0 Å². The largest absolute Gasteiger partial charge is 0.368 e. The first-order valence-electron chi connectivity index (χ1n) is 3.44. The van der Waals surface area contributed by atoms with E-state index >= 15 is 0 Å². The molecule has 0 aliphatic heterocycles. The number of thioether (sulfide) groups is 1. The Morgan fingerprint density at radius 2 is 2.15 bits per heavy atom. The van der Waals surface area contributed by atoms with Crippen LogP contribution in [0, 0.1) is 0 Å². The van der Waals surface area contributed by atoms with Crippen molar-refractivity contribution in [1.82, 2.24) is 9.97 Å². The van der Waals surface area contributed by atoms with E-state index in [9.17, 15) is 4.79 Å². The number of nitrogens with two attached hydrogens (primary N) is 1. The van der Waals surface area contributed by atoms with Gasteiger partial charge in [0.15, 0.2) is 5.16 Å². The van der Waals surface area contributed by atoms with E-state index < -0.39 is 10.7 Å². The fourth-order valence-electron chi connectivity index (χ4n) is 0.727. The fraction of sp³-hybridized carbons (Fsp3) is 0.286. The maximum absolute atomic E-state index is 10.8. The molecule has 0 aromatic carbocycles. The highest BCUT2D eigenvalue weighted by atomic mass is 79.9. The lowest BCUT2D eigenvalue weighted by Crippen LogP contribution is -2.16. The Balaban J connectivity index is 2.85. The number of aromatic nitrogens is 2. The molecule has 0 bridgehead atoms. The van der Waals surface area contributed by atoms with Crippen LogP contribution in [-0.2, 0) is 4.79 Å². The molecular weight excluding hydrogens is 254 g/mol. The smallest absolute Gasteiger partial charge is 0.235 e. The zero-order valence-corrected chi connectivity index (χ0v) is 9.30. The van der Waals surface area contributed by atoms with Crippen LogP contribution in [0.25, 0.3) is 0 Å². The lowest BCUT2D eigenvalue weighted by molar-refractivity contribution is -0.117. The van der Waals surface area contributed by atoms with Crippen LogP contribution in [0.15, 0.2) is 17.6 Å². The molecule has 1 atom stereocenters. The molecule has 1 rings (SSSR count). The molecule has 0 aliphatic carbocycles. The van der Waals surface area contributed by atoms with Gasteiger partial charge in [-0.25, -0.2) is 9.97 Å². The average Bonchev–Trinajstić information content (AvgIpc) is 2.17. The van der Waals surface area contributed by atoms with Gasteiger partial charge in [0.2, 0.25) is 5.91 Å². The molecule has 1 aromatic rings. The molecule has 0 aliphatic rings. The molecule has 2 N–H and O–H groups in total. The lowest BCUT2D eigenvalue weighted by atomic mass is 10.2. The van der Waals surface area contributed by atoms with Crippen LogP contribution in [0.1, 0.15) is 10.4 Å². The molecule has 6 heteroatoms. The van der Waals surface area contributed by atoms with Crippen molar-refractivity contribution in [2.24, 2.45) is 5.73 Å². The van der Waals surface area contributed by atoms with E-state index in [2.05, 4.69) is 25.9 Å². The Morgan fingerprint density at radius 1 is 1.62 bits per heavy atom. The number of hydrogen-bond acceptors (Lipinski definition) is 4. The van der Waals surface area contributed by atoms with Gasteiger partial charge < -0.3 is 5.73 Å². The van der Waals surface area contributed by atoms with E-state index in [0.29, 0.717) is 10.7 Å². The van der Waals surface area contributed by atoms with E-state index in [4.69, 9.17) is 5.73 Å². The van der Waals surface area contributed by atoms with Crippen molar-refractivity contribution < 1.29 is 4.79 Å². The van der Waals surface area contributed by atoms with E-state index in [0.717, 1.165) is 0 Å². The van der Waals surface area contributed by atoms with Gasteiger partial charge in [-0.2, -0.15) is 0 Å². The number of primary amides is 1. The zero-order valence-electron chi connectivity index (χ0n) is 6.90. The second-order valence-electron chi connectivity index (χ2n) is 2.27. The number of hydrogen-bond donors (Lipinski definition) is 1. The topological polar surface area (TPSA) is 68.9 Å². The minimum absolute atomic E-state index is 0.444. The molecule has 1 unspecified atom stereocenters. The highest BCUT2D eigenvalue weighted by Gasteiger charge is 2.13. The van der Waals surface area contributed by atoms with Gasteiger partial charge in [-0.05, 0) is 6.26 Å².